The molecule has 2 rings (SSSR count). The van der Waals surface area contributed by atoms with Crippen molar-refractivity contribution in [2.24, 2.45) is 0 Å². The number of anilines is 2. The smallest absolute Gasteiger partial charge is 0.277 e. The SMILES string of the molecule is CCCN(CCC)c1nc(C)cc(C(=O)N(CC)c2cccc(C)c2)n1. The number of aryl methyl sites for hydroxylation is 2. The van der Waals surface area contributed by atoms with Crippen LogP contribution in [0, 0.1) is 13.8 Å². The molecule has 1 amide bonds. The molecule has 0 saturated heterocycles. The van der Waals surface area contributed by atoms with E-state index in [0.29, 0.717) is 18.2 Å². The van der Waals surface area contributed by atoms with E-state index in [2.05, 4.69) is 28.7 Å². The van der Waals surface area contributed by atoms with Crippen molar-refractivity contribution in [2.45, 2.75) is 47.5 Å². The topological polar surface area (TPSA) is 49.3 Å². The van der Waals surface area contributed by atoms with Crippen LogP contribution in [0.1, 0.15) is 55.4 Å². The van der Waals surface area contributed by atoms with Crippen LogP contribution in [-0.4, -0.2) is 35.5 Å². The summed E-state index contributed by atoms with van der Waals surface area (Å²) in [5.74, 6) is 0.565. The molecule has 0 spiro atoms. The van der Waals surface area contributed by atoms with Gasteiger partial charge in [0.1, 0.15) is 5.69 Å². The summed E-state index contributed by atoms with van der Waals surface area (Å²) in [7, 11) is 0. The Morgan fingerprint density at radius 1 is 1.00 bits per heavy atom. The minimum absolute atomic E-state index is 0.0854. The van der Waals surface area contributed by atoms with Crippen molar-refractivity contribution < 1.29 is 4.79 Å². The summed E-state index contributed by atoms with van der Waals surface area (Å²) in [5.41, 5.74) is 3.29. The first-order chi connectivity index (χ1) is 12.5. The van der Waals surface area contributed by atoms with Crippen LogP contribution in [-0.2, 0) is 0 Å². The predicted molar refractivity (Wildman–Crippen MR) is 108 cm³/mol. The van der Waals surface area contributed by atoms with E-state index in [1.807, 2.05) is 45.0 Å². The van der Waals surface area contributed by atoms with Gasteiger partial charge < -0.3 is 9.80 Å². The van der Waals surface area contributed by atoms with Crippen LogP contribution in [0.25, 0.3) is 0 Å². The lowest BCUT2D eigenvalue weighted by Crippen LogP contribution is -2.33. The van der Waals surface area contributed by atoms with Gasteiger partial charge in [0.25, 0.3) is 5.91 Å². The zero-order valence-corrected chi connectivity index (χ0v) is 16.6. The highest BCUT2D eigenvalue weighted by atomic mass is 16.2. The second-order valence-corrected chi connectivity index (χ2v) is 6.57. The summed E-state index contributed by atoms with van der Waals surface area (Å²) in [6.07, 6.45) is 2.04. The van der Waals surface area contributed by atoms with Gasteiger partial charge in [-0.25, -0.2) is 9.97 Å². The zero-order chi connectivity index (χ0) is 19.1. The van der Waals surface area contributed by atoms with E-state index >= 15 is 0 Å². The fourth-order valence-electron chi connectivity index (χ4n) is 3.03. The molecule has 0 N–H and O–H groups in total. The number of carbonyl (C=O) groups excluding carboxylic acids is 1. The molecule has 0 aliphatic heterocycles. The van der Waals surface area contributed by atoms with Crippen LogP contribution in [0.2, 0.25) is 0 Å². The van der Waals surface area contributed by atoms with Crippen molar-refractivity contribution in [3.63, 3.8) is 0 Å². The third-order valence-corrected chi connectivity index (χ3v) is 4.21. The first kappa shape index (κ1) is 19.9. The molecule has 1 aromatic carbocycles. The van der Waals surface area contributed by atoms with Crippen molar-refractivity contribution in [3.8, 4) is 0 Å². The standard InChI is InChI=1S/C21H30N4O/c1-6-12-24(13-7-2)21-22-17(5)15-19(23-21)20(26)25(8-3)18-11-9-10-16(4)14-18/h9-11,14-15H,6-8,12-13H2,1-5H3. The largest absolute Gasteiger partial charge is 0.341 e. The van der Waals surface area contributed by atoms with Crippen LogP contribution >= 0.6 is 0 Å². The summed E-state index contributed by atoms with van der Waals surface area (Å²) in [6, 6.07) is 9.77. The second kappa shape index (κ2) is 9.32. The summed E-state index contributed by atoms with van der Waals surface area (Å²) < 4.78 is 0. The molecular weight excluding hydrogens is 324 g/mol. The molecule has 0 unspecified atom stereocenters. The molecule has 5 heteroatoms. The molecule has 26 heavy (non-hydrogen) atoms. The highest BCUT2D eigenvalue weighted by molar-refractivity contribution is 6.05. The van der Waals surface area contributed by atoms with Gasteiger partial charge in [0.15, 0.2) is 0 Å². The van der Waals surface area contributed by atoms with E-state index < -0.39 is 0 Å². The number of hydrogen-bond donors (Lipinski definition) is 0. The van der Waals surface area contributed by atoms with E-state index in [9.17, 15) is 4.79 Å². The summed E-state index contributed by atoms with van der Waals surface area (Å²) in [4.78, 5) is 26.3. The summed E-state index contributed by atoms with van der Waals surface area (Å²) in [6.45, 7) is 12.6. The minimum atomic E-state index is -0.0854. The monoisotopic (exact) mass is 354 g/mol. The lowest BCUT2D eigenvalue weighted by Gasteiger charge is -2.24. The predicted octanol–water partition coefficient (Wildman–Crippen LogP) is 4.39. The van der Waals surface area contributed by atoms with E-state index in [0.717, 1.165) is 42.9 Å². The normalized spacial score (nSPS) is 10.7. The number of amides is 1. The van der Waals surface area contributed by atoms with Gasteiger partial charge in [0.05, 0.1) is 0 Å². The van der Waals surface area contributed by atoms with Gasteiger partial charge in [0, 0.05) is 31.0 Å². The van der Waals surface area contributed by atoms with E-state index in [4.69, 9.17) is 0 Å². The first-order valence-corrected chi connectivity index (χ1v) is 9.49. The number of carbonyl (C=O) groups is 1. The Bertz CT molecular complexity index is 739. The first-order valence-electron chi connectivity index (χ1n) is 9.49. The van der Waals surface area contributed by atoms with Gasteiger partial charge in [-0.3, -0.25) is 4.79 Å². The van der Waals surface area contributed by atoms with Crippen molar-refractivity contribution in [3.05, 3.63) is 47.3 Å². The van der Waals surface area contributed by atoms with Gasteiger partial charge in [-0.15, -0.1) is 0 Å². The van der Waals surface area contributed by atoms with Crippen molar-refractivity contribution >= 4 is 17.5 Å². The average Bonchev–Trinajstić information content (AvgIpc) is 2.61. The maximum Gasteiger partial charge on any atom is 0.277 e. The Kier molecular flexibility index (Phi) is 7.13. The van der Waals surface area contributed by atoms with Gasteiger partial charge >= 0.3 is 0 Å². The molecule has 140 valence electrons. The Morgan fingerprint density at radius 3 is 2.27 bits per heavy atom. The van der Waals surface area contributed by atoms with Crippen LogP contribution in [0.4, 0.5) is 11.6 Å². The Labute approximate surface area is 157 Å². The van der Waals surface area contributed by atoms with Gasteiger partial charge in [0.2, 0.25) is 5.95 Å². The molecule has 0 aliphatic rings. The van der Waals surface area contributed by atoms with Gasteiger partial charge in [-0.2, -0.15) is 0 Å². The molecule has 0 saturated carbocycles. The van der Waals surface area contributed by atoms with Gasteiger partial charge in [-0.05, 0) is 57.4 Å². The highest BCUT2D eigenvalue weighted by Crippen LogP contribution is 2.19. The summed E-state index contributed by atoms with van der Waals surface area (Å²) >= 11 is 0. The van der Waals surface area contributed by atoms with E-state index in [-0.39, 0.29) is 5.91 Å². The molecule has 1 heterocycles. The lowest BCUT2D eigenvalue weighted by atomic mass is 10.2. The Morgan fingerprint density at radius 2 is 1.69 bits per heavy atom. The molecule has 5 nitrogen and oxygen atoms in total. The molecule has 0 fully saturated rings. The third kappa shape index (κ3) is 4.81. The molecule has 2 aromatic rings. The van der Waals surface area contributed by atoms with E-state index in [1.165, 1.54) is 0 Å². The number of nitrogens with zero attached hydrogens (tertiary/aromatic N) is 4. The number of hydrogen-bond acceptors (Lipinski definition) is 4. The third-order valence-electron chi connectivity index (χ3n) is 4.21. The van der Waals surface area contributed by atoms with Crippen LogP contribution in [0.15, 0.2) is 30.3 Å². The van der Waals surface area contributed by atoms with Crippen molar-refractivity contribution in [1.82, 2.24) is 9.97 Å². The molecule has 0 bridgehead atoms. The molecule has 0 atom stereocenters. The highest BCUT2D eigenvalue weighted by Gasteiger charge is 2.20. The summed E-state index contributed by atoms with van der Waals surface area (Å²) in [5, 5.41) is 0. The second-order valence-electron chi connectivity index (χ2n) is 6.57. The van der Waals surface area contributed by atoms with Crippen LogP contribution in [0.5, 0.6) is 0 Å². The quantitative estimate of drug-likeness (QED) is 0.705. The number of benzene rings is 1. The lowest BCUT2D eigenvalue weighted by molar-refractivity contribution is 0.0983. The van der Waals surface area contributed by atoms with Crippen LogP contribution in [0.3, 0.4) is 0 Å². The maximum absolute atomic E-state index is 13.1. The average molecular weight is 354 g/mol. The fourth-order valence-corrected chi connectivity index (χ4v) is 3.03. The Hall–Kier alpha value is -2.43. The van der Waals surface area contributed by atoms with Crippen molar-refractivity contribution in [1.29, 1.82) is 0 Å². The Balaban J connectivity index is 2.38. The van der Waals surface area contributed by atoms with E-state index in [1.54, 1.807) is 11.0 Å². The van der Waals surface area contributed by atoms with Gasteiger partial charge in [-0.1, -0.05) is 26.0 Å². The molecule has 0 radical (unpaired) electrons. The fraction of sp³-hybridized carbons (Fsp3) is 0.476. The molecule has 0 aliphatic carbocycles. The number of rotatable bonds is 8. The van der Waals surface area contributed by atoms with Crippen molar-refractivity contribution in [2.75, 3.05) is 29.4 Å². The molecule has 1 aromatic heterocycles. The van der Waals surface area contributed by atoms with Crippen LogP contribution < -0.4 is 9.80 Å². The maximum atomic E-state index is 13.1. The molecular formula is C21H30N4O. The zero-order valence-electron chi connectivity index (χ0n) is 16.6. The number of aromatic nitrogens is 2. The minimum Gasteiger partial charge on any atom is -0.341 e.